The van der Waals surface area contributed by atoms with Crippen molar-refractivity contribution in [1.29, 1.82) is 0 Å². The number of carbonyl (C=O) groups excluding carboxylic acids is 1. The SMILES string of the molecule is C=C1C(C(=O)C(C)C)O[C@@H]2[C@H]1CC[C@@](C)(O)[C@H]2O. The predicted molar refractivity (Wildman–Crippen MR) is 67.0 cm³/mol. The van der Waals surface area contributed by atoms with Gasteiger partial charge in [-0.25, -0.2) is 0 Å². The van der Waals surface area contributed by atoms with Gasteiger partial charge < -0.3 is 14.9 Å². The Morgan fingerprint density at radius 1 is 1.56 bits per heavy atom. The molecule has 18 heavy (non-hydrogen) atoms. The van der Waals surface area contributed by atoms with E-state index >= 15 is 0 Å². The molecule has 0 spiro atoms. The monoisotopic (exact) mass is 254 g/mol. The van der Waals surface area contributed by atoms with Gasteiger partial charge >= 0.3 is 0 Å². The van der Waals surface area contributed by atoms with Crippen LogP contribution in [0.4, 0.5) is 0 Å². The number of rotatable bonds is 2. The van der Waals surface area contributed by atoms with Gasteiger partial charge in [-0.1, -0.05) is 20.4 Å². The smallest absolute Gasteiger partial charge is 0.168 e. The first-order valence-corrected chi connectivity index (χ1v) is 6.54. The number of carbonyl (C=O) groups is 1. The summed E-state index contributed by atoms with van der Waals surface area (Å²) in [5, 5.41) is 20.2. The fourth-order valence-electron chi connectivity index (χ4n) is 2.89. The van der Waals surface area contributed by atoms with Crippen molar-refractivity contribution in [3.63, 3.8) is 0 Å². The third-order valence-electron chi connectivity index (χ3n) is 4.24. The summed E-state index contributed by atoms with van der Waals surface area (Å²) in [6.45, 7) is 9.23. The summed E-state index contributed by atoms with van der Waals surface area (Å²) in [5.74, 6) is -0.140. The van der Waals surface area contributed by atoms with E-state index in [9.17, 15) is 15.0 Å². The van der Waals surface area contributed by atoms with Gasteiger partial charge in [-0.15, -0.1) is 0 Å². The summed E-state index contributed by atoms with van der Waals surface area (Å²) in [4.78, 5) is 12.0. The molecule has 0 aromatic heterocycles. The van der Waals surface area contributed by atoms with E-state index in [1.165, 1.54) is 0 Å². The molecule has 0 aromatic rings. The van der Waals surface area contributed by atoms with Crippen LogP contribution in [-0.2, 0) is 9.53 Å². The highest BCUT2D eigenvalue weighted by Crippen LogP contribution is 2.44. The average molecular weight is 254 g/mol. The molecule has 0 radical (unpaired) electrons. The topological polar surface area (TPSA) is 66.8 Å². The molecule has 5 atom stereocenters. The minimum absolute atomic E-state index is 0.00115. The first-order valence-electron chi connectivity index (χ1n) is 6.54. The largest absolute Gasteiger partial charge is 0.387 e. The Morgan fingerprint density at radius 2 is 2.17 bits per heavy atom. The molecule has 0 aromatic carbocycles. The molecule has 2 N–H and O–H groups in total. The van der Waals surface area contributed by atoms with Crippen LogP contribution in [-0.4, -0.2) is 39.9 Å². The molecular formula is C14H22O4. The van der Waals surface area contributed by atoms with Gasteiger partial charge in [-0.3, -0.25) is 4.79 Å². The fraction of sp³-hybridized carbons (Fsp3) is 0.786. The summed E-state index contributed by atoms with van der Waals surface area (Å²) in [6, 6.07) is 0. The van der Waals surface area contributed by atoms with Gasteiger partial charge in [0.15, 0.2) is 5.78 Å². The Kier molecular flexibility index (Phi) is 3.38. The van der Waals surface area contributed by atoms with Crippen LogP contribution in [0.3, 0.4) is 0 Å². The lowest BCUT2D eigenvalue weighted by molar-refractivity contribution is -0.166. The minimum atomic E-state index is -1.14. The molecule has 4 nitrogen and oxygen atoms in total. The summed E-state index contributed by atoms with van der Waals surface area (Å²) >= 11 is 0. The summed E-state index contributed by atoms with van der Waals surface area (Å²) in [7, 11) is 0. The maximum Gasteiger partial charge on any atom is 0.168 e. The van der Waals surface area contributed by atoms with Crippen molar-refractivity contribution in [3.8, 4) is 0 Å². The number of ether oxygens (including phenoxy) is 1. The Labute approximate surface area is 108 Å². The predicted octanol–water partition coefficient (Wildman–Crippen LogP) is 1.06. The number of fused-ring (bicyclic) bond motifs is 1. The number of aliphatic hydroxyl groups is 2. The third-order valence-corrected chi connectivity index (χ3v) is 4.24. The summed E-state index contributed by atoms with van der Waals surface area (Å²) in [6.07, 6.45) is -0.883. The number of hydrogen-bond donors (Lipinski definition) is 2. The van der Waals surface area contributed by atoms with Crippen molar-refractivity contribution in [2.75, 3.05) is 0 Å². The number of hydrogen-bond acceptors (Lipinski definition) is 4. The Balaban J connectivity index is 2.20. The lowest BCUT2D eigenvalue weighted by atomic mass is 9.73. The molecule has 4 heteroatoms. The van der Waals surface area contributed by atoms with Crippen molar-refractivity contribution >= 4 is 5.78 Å². The lowest BCUT2D eigenvalue weighted by Crippen LogP contribution is -2.53. The molecule has 0 amide bonds. The molecular weight excluding hydrogens is 232 g/mol. The van der Waals surface area contributed by atoms with E-state index < -0.39 is 23.9 Å². The van der Waals surface area contributed by atoms with E-state index in [2.05, 4.69) is 6.58 Å². The first-order chi connectivity index (χ1) is 8.25. The van der Waals surface area contributed by atoms with Crippen LogP contribution in [0.25, 0.3) is 0 Å². The molecule has 1 saturated heterocycles. The van der Waals surface area contributed by atoms with Crippen molar-refractivity contribution in [3.05, 3.63) is 12.2 Å². The molecule has 1 heterocycles. The number of Topliss-reactive ketones (excluding diaryl/α,β-unsaturated/α-hetero) is 1. The molecule has 2 rings (SSSR count). The molecule has 2 aliphatic rings. The maximum atomic E-state index is 12.0. The fourth-order valence-corrected chi connectivity index (χ4v) is 2.89. The van der Waals surface area contributed by atoms with Gasteiger partial charge in [0.1, 0.15) is 12.2 Å². The van der Waals surface area contributed by atoms with Crippen molar-refractivity contribution < 1.29 is 19.7 Å². The zero-order valence-electron chi connectivity index (χ0n) is 11.2. The van der Waals surface area contributed by atoms with E-state index in [0.717, 1.165) is 5.57 Å². The van der Waals surface area contributed by atoms with E-state index in [0.29, 0.717) is 12.8 Å². The van der Waals surface area contributed by atoms with E-state index in [4.69, 9.17) is 4.74 Å². The highest BCUT2D eigenvalue weighted by molar-refractivity contribution is 5.88. The van der Waals surface area contributed by atoms with Crippen LogP contribution in [0.1, 0.15) is 33.6 Å². The Bertz CT molecular complexity index is 372. The highest BCUT2D eigenvalue weighted by atomic mass is 16.5. The number of aliphatic hydroxyl groups excluding tert-OH is 1. The van der Waals surface area contributed by atoms with Crippen molar-refractivity contribution in [2.24, 2.45) is 11.8 Å². The van der Waals surface area contributed by atoms with Crippen LogP contribution in [0.2, 0.25) is 0 Å². The molecule has 2 fully saturated rings. The van der Waals surface area contributed by atoms with Gasteiger partial charge in [-0.2, -0.15) is 0 Å². The zero-order valence-corrected chi connectivity index (χ0v) is 11.2. The standard InChI is InChI=1S/C14H22O4/c1-7(2)10(15)11-8(3)9-5-6-14(4,17)13(16)12(9)18-11/h7,9,11-13,16-17H,3,5-6H2,1-2,4H3/t9-,11?,12+,13-,14+/m0/s1. The summed E-state index contributed by atoms with van der Waals surface area (Å²) < 4.78 is 5.69. The lowest BCUT2D eigenvalue weighted by Gasteiger charge is -2.40. The van der Waals surface area contributed by atoms with Crippen molar-refractivity contribution in [2.45, 2.75) is 57.5 Å². The quantitative estimate of drug-likeness (QED) is 0.723. The molecule has 0 bridgehead atoms. The van der Waals surface area contributed by atoms with Gasteiger partial charge in [0.05, 0.1) is 11.7 Å². The Hall–Kier alpha value is -0.710. The highest BCUT2D eigenvalue weighted by Gasteiger charge is 2.53. The molecule has 1 unspecified atom stereocenters. The van der Waals surface area contributed by atoms with E-state index in [-0.39, 0.29) is 17.6 Å². The first kappa shape index (κ1) is 13.7. The molecule has 1 saturated carbocycles. The van der Waals surface area contributed by atoms with Crippen LogP contribution in [0.15, 0.2) is 12.2 Å². The van der Waals surface area contributed by atoms with Crippen molar-refractivity contribution in [1.82, 2.24) is 0 Å². The van der Waals surface area contributed by atoms with Gasteiger partial charge in [-0.05, 0) is 25.3 Å². The minimum Gasteiger partial charge on any atom is -0.387 e. The Morgan fingerprint density at radius 3 is 2.72 bits per heavy atom. The van der Waals surface area contributed by atoms with Gasteiger partial charge in [0.25, 0.3) is 0 Å². The van der Waals surface area contributed by atoms with Gasteiger partial charge in [0, 0.05) is 11.8 Å². The summed E-state index contributed by atoms with van der Waals surface area (Å²) in [5.41, 5.74) is -0.384. The van der Waals surface area contributed by atoms with Crippen LogP contribution in [0, 0.1) is 11.8 Å². The second-order valence-electron chi connectivity index (χ2n) is 6.06. The van der Waals surface area contributed by atoms with Gasteiger partial charge in [0.2, 0.25) is 0 Å². The molecule has 1 aliphatic heterocycles. The molecule has 102 valence electrons. The van der Waals surface area contributed by atoms with Crippen LogP contribution in [0.5, 0.6) is 0 Å². The normalized spacial score (nSPS) is 44.2. The average Bonchev–Trinajstić information content (AvgIpc) is 2.61. The molecule has 1 aliphatic carbocycles. The number of ketones is 1. The third kappa shape index (κ3) is 2.02. The van der Waals surface area contributed by atoms with E-state index in [1.807, 2.05) is 13.8 Å². The second-order valence-corrected chi connectivity index (χ2v) is 6.06. The second kappa shape index (κ2) is 4.44. The zero-order chi connectivity index (χ0) is 13.7. The maximum absolute atomic E-state index is 12.0. The van der Waals surface area contributed by atoms with E-state index in [1.54, 1.807) is 6.92 Å². The van der Waals surface area contributed by atoms with Crippen LogP contribution < -0.4 is 0 Å². The van der Waals surface area contributed by atoms with Crippen LogP contribution >= 0.6 is 0 Å².